The molecule has 0 atom stereocenters. The number of hydrogen-bond donors (Lipinski definition) is 2. The number of amides is 1. The normalized spacial score (nSPS) is 14.7. The highest BCUT2D eigenvalue weighted by Crippen LogP contribution is 2.32. The Balaban J connectivity index is 1.35. The first kappa shape index (κ1) is 24.0. The van der Waals surface area contributed by atoms with Crippen LogP contribution in [0.1, 0.15) is 45.5 Å². The third-order valence-electron chi connectivity index (χ3n) is 6.18. The lowest BCUT2D eigenvalue weighted by molar-refractivity contribution is 0.1000. The summed E-state index contributed by atoms with van der Waals surface area (Å²) in [5.41, 5.74) is 10.4. The predicted molar refractivity (Wildman–Crippen MR) is 137 cm³/mol. The van der Waals surface area contributed by atoms with Crippen LogP contribution in [0.25, 0.3) is 0 Å². The zero-order valence-corrected chi connectivity index (χ0v) is 20.7. The summed E-state index contributed by atoms with van der Waals surface area (Å²) >= 11 is 6.31. The quantitative estimate of drug-likeness (QED) is 0.430. The molecule has 7 heteroatoms. The Morgan fingerprint density at radius 2 is 1.74 bits per heavy atom. The summed E-state index contributed by atoms with van der Waals surface area (Å²) in [7, 11) is 0. The van der Waals surface area contributed by atoms with E-state index >= 15 is 0 Å². The van der Waals surface area contributed by atoms with Crippen LogP contribution in [0.3, 0.4) is 0 Å². The lowest BCUT2D eigenvalue weighted by Gasteiger charge is -2.32. The van der Waals surface area contributed by atoms with Crippen LogP contribution in [-0.2, 0) is 6.54 Å². The molecule has 3 N–H and O–H groups in total. The zero-order valence-electron chi connectivity index (χ0n) is 19.9. The van der Waals surface area contributed by atoms with Crippen molar-refractivity contribution in [1.29, 1.82) is 0 Å². The number of nitrogens with one attached hydrogen (secondary N) is 1. The monoisotopic (exact) mass is 478 g/mol. The number of aromatic nitrogens is 1. The molecular formula is C27H31ClN4O2. The van der Waals surface area contributed by atoms with Gasteiger partial charge in [-0.3, -0.25) is 9.69 Å². The highest BCUT2D eigenvalue weighted by Gasteiger charge is 2.20. The van der Waals surface area contributed by atoms with Gasteiger partial charge in [-0.25, -0.2) is 4.98 Å². The average Bonchev–Trinajstić information content (AvgIpc) is 2.77. The van der Waals surface area contributed by atoms with Crippen LogP contribution < -0.4 is 15.8 Å². The van der Waals surface area contributed by atoms with Crippen molar-refractivity contribution in [1.82, 2.24) is 9.88 Å². The van der Waals surface area contributed by atoms with Gasteiger partial charge in [-0.05, 0) is 62.4 Å². The smallest absolute Gasteiger partial charge is 0.248 e. The Labute approximate surface area is 206 Å². The van der Waals surface area contributed by atoms with E-state index in [1.807, 2.05) is 18.2 Å². The van der Waals surface area contributed by atoms with Crippen molar-refractivity contribution < 1.29 is 9.53 Å². The molecule has 0 aliphatic carbocycles. The number of primary amides is 1. The van der Waals surface area contributed by atoms with Crippen molar-refractivity contribution in [2.24, 2.45) is 5.73 Å². The molecule has 0 saturated carbocycles. The second kappa shape index (κ2) is 10.5. The number of aryl methyl sites for hydroxylation is 3. The maximum absolute atomic E-state index is 11.2. The topological polar surface area (TPSA) is 80.5 Å². The summed E-state index contributed by atoms with van der Waals surface area (Å²) < 4.78 is 6.21. The highest BCUT2D eigenvalue weighted by molar-refractivity contribution is 6.29. The third kappa shape index (κ3) is 6.07. The minimum Gasteiger partial charge on any atom is -0.457 e. The first-order valence-corrected chi connectivity index (χ1v) is 12.0. The van der Waals surface area contributed by atoms with E-state index in [0.29, 0.717) is 22.5 Å². The maximum atomic E-state index is 11.2. The summed E-state index contributed by atoms with van der Waals surface area (Å²) in [6, 6.07) is 15.7. The Morgan fingerprint density at radius 1 is 1.09 bits per heavy atom. The number of piperidine rings is 1. The number of rotatable bonds is 7. The lowest BCUT2D eigenvalue weighted by Crippen LogP contribution is -2.38. The van der Waals surface area contributed by atoms with Crippen molar-refractivity contribution >= 4 is 23.3 Å². The largest absolute Gasteiger partial charge is 0.457 e. The van der Waals surface area contributed by atoms with Crippen LogP contribution in [-0.4, -0.2) is 34.9 Å². The number of likely N-dealkylation sites (tertiary alicyclic amines) is 1. The van der Waals surface area contributed by atoms with Crippen LogP contribution in [0.4, 0.5) is 5.82 Å². The second-order valence-electron chi connectivity index (χ2n) is 9.10. The molecule has 1 aliphatic heterocycles. The fourth-order valence-corrected chi connectivity index (χ4v) is 4.73. The van der Waals surface area contributed by atoms with E-state index in [4.69, 9.17) is 22.1 Å². The van der Waals surface area contributed by atoms with Crippen LogP contribution >= 0.6 is 11.6 Å². The van der Waals surface area contributed by atoms with E-state index in [1.54, 1.807) is 18.2 Å². The molecule has 2 aromatic carbocycles. The standard InChI is InChI=1S/C27H31ClN4O2/c1-17-12-18(2)26(19(3)13-17)34-23-14-24(28)31-25(15-23)30-22-8-10-32(11-9-22)16-20-4-6-21(7-5-20)27(29)33/h4-7,12-15,22H,8-11,16H2,1-3H3,(H2,29,33)(H,30,31). The number of benzene rings is 2. The van der Waals surface area contributed by atoms with Gasteiger partial charge >= 0.3 is 0 Å². The van der Waals surface area contributed by atoms with Crippen molar-refractivity contribution in [2.75, 3.05) is 18.4 Å². The number of carbonyl (C=O) groups excluding carboxylic acids is 1. The number of ether oxygens (including phenoxy) is 1. The van der Waals surface area contributed by atoms with Gasteiger partial charge in [0.2, 0.25) is 5.91 Å². The molecule has 0 bridgehead atoms. The maximum Gasteiger partial charge on any atom is 0.248 e. The van der Waals surface area contributed by atoms with Gasteiger partial charge in [0.25, 0.3) is 0 Å². The van der Waals surface area contributed by atoms with Gasteiger partial charge < -0.3 is 15.8 Å². The van der Waals surface area contributed by atoms with E-state index in [-0.39, 0.29) is 0 Å². The van der Waals surface area contributed by atoms with E-state index in [9.17, 15) is 4.79 Å². The van der Waals surface area contributed by atoms with Crippen LogP contribution in [0.5, 0.6) is 11.5 Å². The fourth-order valence-electron chi connectivity index (χ4n) is 4.53. The number of nitrogens with zero attached hydrogens (tertiary/aromatic N) is 2. The predicted octanol–water partition coefficient (Wildman–Crippen LogP) is 5.63. The van der Waals surface area contributed by atoms with Crippen LogP contribution in [0, 0.1) is 20.8 Å². The Bertz CT molecular complexity index is 1150. The molecule has 0 unspecified atom stereocenters. The fraction of sp³-hybridized carbons (Fsp3) is 0.333. The minimum atomic E-state index is -0.397. The Morgan fingerprint density at radius 3 is 2.35 bits per heavy atom. The molecule has 1 aromatic heterocycles. The number of carbonyl (C=O) groups is 1. The highest BCUT2D eigenvalue weighted by atomic mass is 35.5. The summed E-state index contributed by atoms with van der Waals surface area (Å²) in [4.78, 5) is 18.1. The first-order chi connectivity index (χ1) is 16.3. The summed E-state index contributed by atoms with van der Waals surface area (Å²) in [5, 5.41) is 3.94. The van der Waals surface area contributed by atoms with Gasteiger partial charge in [0, 0.05) is 43.4 Å². The summed E-state index contributed by atoms with van der Waals surface area (Å²) in [6.45, 7) is 8.99. The van der Waals surface area contributed by atoms with Gasteiger partial charge in [0.15, 0.2) is 0 Å². The summed E-state index contributed by atoms with van der Waals surface area (Å²) in [6.07, 6.45) is 2.00. The van der Waals surface area contributed by atoms with E-state index < -0.39 is 5.91 Å². The minimum absolute atomic E-state index is 0.315. The van der Waals surface area contributed by atoms with Crippen molar-refractivity contribution in [3.05, 3.63) is 81.5 Å². The van der Waals surface area contributed by atoms with Gasteiger partial charge in [-0.15, -0.1) is 0 Å². The van der Waals surface area contributed by atoms with E-state index in [0.717, 1.165) is 55.2 Å². The molecule has 0 radical (unpaired) electrons. The summed E-state index contributed by atoms with van der Waals surface area (Å²) in [5.74, 6) is 1.86. The molecule has 34 heavy (non-hydrogen) atoms. The number of hydrogen-bond acceptors (Lipinski definition) is 5. The Hall–Kier alpha value is -3.09. The second-order valence-corrected chi connectivity index (χ2v) is 9.48. The van der Waals surface area contributed by atoms with Gasteiger partial charge in [0.1, 0.15) is 22.5 Å². The lowest BCUT2D eigenvalue weighted by atomic mass is 10.0. The number of halogens is 1. The number of anilines is 1. The number of nitrogens with two attached hydrogens (primary N) is 1. The average molecular weight is 479 g/mol. The Kier molecular flexibility index (Phi) is 7.39. The van der Waals surface area contributed by atoms with Gasteiger partial charge in [-0.2, -0.15) is 0 Å². The molecule has 3 aromatic rings. The van der Waals surface area contributed by atoms with Gasteiger partial charge in [-0.1, -0.05) is 41.4 Å². The molecule has 1 saturated heterocycles. The first-order valence-electron chi connectivity index (χ1n) is 11.6. The SMILES string of the molecule is Cc1cc(C)c(Oc2cc(Cl)nc(NC3CCN(Cc4ccc(C(N)=O)cc4)CC3)c2)c(C)c1. The molecule has 1 aliphatic rings. The van der Waals surface area contributed by atoms with Crippen molar-refractivity contribution in [2.45, 2.75) is 46.2 Å². The molecular weight excluding hydrogens is 448 g/mol. The number of pyridine rings is 1. The van der Waals surface area contributed by atoms with Crippen LogP contribution in [0.2, 0.25) is 5.15 Å². The molecule has 2 heterocycles. The molecule has 178 valence electrons. The zero-order chi connectivity index (χ0) is 24.2. The van der Waals surface area contributed by atoms with Crippen molar-refractivity contribution in [3.8, 4) is 11.5 Å². The van der Waals surface area contributed by atoms with Gasteiger partial charge in [0.05, 0.1) is 0 Å². The van der Waals surface area contributed by atoms with Crippen molar-refractivity contribution in [3.63, 3.8) is 0 Å². The molecule has 4 rings (SSSR count). The van der Waals surface area contributed by atoms with E-state index in [1.165, 1.54) is 11.1 Å². The molecule has 6 nitrogen and oxygen atoms in total. The van der Waals surface area contributed by atoms with E-state index in [2.05, 4.69) is 48.1 Å². The molecule has 1 fully saturated rings. The molecule has 1 amide bonds. The van der Waals surface area contributed by atoms with Crippen LogP contribution in [0.15, 0.2) is 48.5 Å². The molecule has 0 spiro atoms. The third-order valence-corrected chi connectivity index (χ3v) is 6.37.